The summed E-state index contributed by atoms with van der Waals surface area (Å²) in [7, 11) is 0. The molecule has 0 radical (unpaired) electrons. The highest BCUT2D eigenvalue weighted by Gasteiger charge is 2.40. The number of aryl methyl sites for hydroxylation is 1. The van der Waals surface area contributed by atoms with Gasteiger partial charge in [0, 0.05) is 18.5 Å². The molecule has 1 atom stereocenters. The Morgan fingerprint density at radius 1 is 1.18 bits per heavy atom. The van der Waals surface area contributed by atoms with Crippen LogP contribution in [0.25, 0.3) is 11.5 Å². The Labute approximate surface area is 198 Å². The maximum Gasteiger partial charge on any atom is 0.507 e. The molecule has 0 spiro atoms. The van der Waals surface area contributed by atoms with Crippen molar-refractivity contribution in [3.63, 3.8) is 0 Å². The molecule has 0 aliphatic carbocycles. The summed E-state index contributed by atoms with van der Waals surface area (Å²) >= 11 is 0. The maximum absolute atomic E-state index is 13.3. The van der Waals surface area contributed by atoms with E-state index in [1.54, 1.807) is 0 Å². The molecular formula is C26H28N2O6. The normalized spacial score (nSPS) is 15.9. The van der Waals surface area contributed by atoms with Crippen LogP contribution in [-0.4, -0.2) is 39.8 Å². The zero-order valence-corrected chi connectivity index (χ0v) is 19.5. The number of amides is 1. The van der Waals surface area contributed by atoms with Crippen LogP contribution in [0.2, 0.25) is 0 Å². The summed E-state index contributed by atoms with van der Waals surface area (Å²) in [6.07, 6.45) is -0.932. The Bertz CT molecular complexity index is 1170. The first-order valence-corrected chi connectivity index (χ1v) is 11.2. The lowest BCUT2D eigenvalue weighted by atomic mass is 9.83. The number of rotatable bonds is 7. The second kappa shape index (κ2) is 9.59. The number of ether oxygens (including phenoxy) is 2. The molecule has 1 amide bonds. The molecular weight excluding hydrogens is 436 g/mol. The minimum atomic E-state index is -1.38. The summed E-state index contributed by atoms with van der Waals surface area (Å²) in [6, 6.07) is 17.0. The molecule has 2 heterocycles. The summed E-state index contributed by atoms with van der Waals surface area (Å²) in [5.74, 6) is 1.64. The van der Waals surface area contributed by atoms with E-state index in [2.05, 4.69) is 4.98 Å². The zero-order valence-electron chi connectivity index (χ0n) is 19.5. The Kier molecular flexibility index (Phi) is 6.58. The van der Waals surface area contributed by atoms with Crippen LogP contribution in [0.5, 0.6) is 5.75 Å². The average Bonchev–Trinajstić information content (AvgIpc) is 3.43. The van der Waals surface area contributed by atoms with Crippen LogP contribution >= 0.6 is 0 Å². The van der Waals surface area contributed by atoms with E-state index in [9.17, 15) is 9.59 Å². The topological polar surface area (TPSA) is 102 Å². The first-order chi connectivity index (χ1) is 16.3. The van der Waals surface area contributed by atoms with Crippen LogP contribution in [-0.2, 0) is 21.6 Å². The van der Waals surface area contributed by atoms with E-state index < -0.39 is 17.8 Å². The number of likely N-dealkylation sites (tertiary alicyclic amines) is 1. The first-order valence-electron chi connectivity index (χ1n) is 11.2. The number of carboxylic acid groups (broad SMARTS) is 1. The van der Waals surface area contributed by atoms with Crippen molar-refractivity contribution < 1.29 is 28.6 Å². The number of aromatic nitrogens is 1. The number of oxazole rings is 1. The molecule has 1 fully saturated rings. The van der Waals surface area contributed by atoms with Crippen molar-refractivity contribution in [3.8, 4) is 17.2 Å². The van der Waals surface area contributed by atoms with Crippen LogP contribution in [0.1, 0.15) is 43.7 Å². The average molecular weight is 465 g/mol. The van der Waals surface area contributed by atoms with E-state index in [0.717, 1.165) is 11.1 Å². The highest BCUT2D eigenvalue weighted by atomic mass is 16.7. The van der Waals surface area contributed by atoms with Crippen LogP contribution in [0.4, 0.5) is 4.79 Å². The third-order valence-corrected chi connectivity index (χ3v) is 6.07. The Balaban J connectivity index is 1.47. The van der Waals surface area contributed by atoms with Crippen LogP contribution in [0, 0.1) is 6.92 Å². The molecule has 1 saturated heterocycles. The molecule has 34 heavy (non-hydrogen) atoms. The van der Waals surface area contributed by atoms with Gasteiger partial charge >= 0.3 is 6.16 Å². The fourth-order valence-corrected chi connectivity index (χ4v) is 4.08. The van der Waals surface area contributed by atoms with Gasteiger partial charge in [-0.1, -0.05) is 30.3 Å². The number of carbonyl (C=O) groups excluding carboxylic acids is 1. The summed E-state index contributed by atoms with van der Waals surface area (Å²) in [5.41, 5.74) is 1.46. The molecule has 178 valence electrons. The zero-order chi connectivity index (χ0) is 24.3. The van der Waals surface area contributed by atoms with Gasteiger partial charge in [0.2, 0.25) is 11.8 Å². The molecule has 1 aliphatic rings. The van der Waals surface area contributed by atoms with Gasteiger partial charge in [0.15, 0.2) is 6.23 Å². The van der Waals surface area contributed by atoms with E-state index in [1.807, 2.05) is 75.4 Å². The molecule has 3 aromatic rings. The lowest BCUT2D eigenvalue weighted by molar-refractivity contribution is -0.144. The predicted octanol–water partition coefficient (Wildman–Crippen LogP) is 5.15. The second-order valence-electron chi connectivity index (χ2n) is 8.81. The number of benzene rings is 2. The largest absolute Gasteiger partial charge is 0.507 e. The molecule has 0 bridgehead atoms. The van der Waals surface area contributed by atoms with Gasteiger partial charge < -0.3 is 23.9 Å². The van der Waals surface area contributed by atoms with Crippen molar-refractivity contribution in [1.82, 2.24) is 9.88 Å². The number of hydrogen-bond donors (Lipinski definition) is 1. The smallest absolute Gasteiger partial charge is 0.487 e. The highest BCUT2D eigenvalue weighted by Crippen LogP contribution is 2.32. The van der Waals surface area contributed by atoms with E-state index >= 15 is 0 Å². The van der Waals surface area contributed by atoms with Gasteiger partial charge in [-0.05, 0) is 57.0 Å². The summed E-state index contributed by atoms with van der Waals surface area (Å²) in [4.78, 5) is 30.4. The van der Waals surface area contributed by atoms with E-state index in [1.165, 1.54) is 4.90 Å². The third kappa shape index (κ3) is 4.90. The molecule has 0 unspecified atom stereocenters. The summed E-state index contributed by atoms with van der Waals surface area (Å²) in [6.45, 7) is 6.17. The van der Waals surface area contributed by atoms with Crippen LogP contribution in [0.3, 0.4) is 0 Å². The monoisotopic (exact) mass is 464 g/mol. The lowest BCUT2D eigenvalue weighted by Gasteiger charge is -2.32. The minimum Gasteiger partial charge on any atom is -0.487 e. The first kappa shape index (κ1) is 23.4. The van der Waals surface area contributed by atoms with Gasteiger partial charge in [-0.25, -0.2) is 9.78 Å². The second-order valence-corrected chi connectivity index (χ2v) is 8.81. The number of nitrogens with zero attached hydrogens (tertiary/aromatic N) is 2. The fourth-order valence-electron chi connectivity index (χ4n) is 4.08. The predicted molar refractivity (Wildman–Crippen MR) is 124 cm³/mol. The Morgan fingerprint density at radius 2 is 1.94 bits per heavy atom. The Morgan fingerprint density at radius 3 is 2.68 bits per heavy atom. The fraction of sp³-hybridized carbons (Fsp3) is 0.346. The van der Waals surface area contributed by atoms with Gasteiger partial charge in [-0.2, -0.15) is 0 Å². The molecule has 2 aromatic carbocycles. The molecule has 0 saturated carbocycles. The van der Waals surface area contributed by atoms with E-state index in [-0.39, 0.29) is 12.5 Å². The molecule has 4 rings (SSSR count). The Hall–Kier alpha value is -3.81. The van der Waals surface area contributed by atoms with Gasteiger partial charge in [-0.3, -0.25) is 4.79 Å². The quantitative estimate of drug-likeness (QED) is 0.483. The third-order valence-electron chi connectivity index (χ3n) is 6.07. The van der Waals surface area contributed by atoms with Crippen molar-refractivity contribution in [1.29, 1.82) is 0 Å². The molecule has 8 nitrogen and oxygen atoms in total. The van der Waals surface area contributed by atoms with E-state index in [4.69, 9.17) is 19.0 Å². The maximum atomic E-state index is 13.3. The molecule has 8 heteroatoms. The van der Waals surface area contributed by atoms with E-state index in [0.29, 0.717) is 42.5 Å². The van der Waals surface area contributed by atoms with Crippen molar-refractivity contribution >= 4 is 12.1 Å². The van der Waals surface area contributed by atoms with Crippen LogP contribution in [0.15, 0.2) is 59.0 Å². The molecule has 1 aromatic heterocycles. The SMILES string of the molecule is Cc1oc(-c2ccccc2)nc1COc1cccc(C(C)(C)C(=O)N2CCC[C@H]2OC(=O)O)c1. The van der Waals surface area contributed by atoms with Crippen molar-refractivity contribution in [3.05, 3.63) is 71.6 Å². The molecule has 1 aliphatic heterocycles. The number of hydrogen-bond acceptors (Lipinski definition) is 6. The number of carbonyl (C=O) groups is 2. The van der Waals surface area contributed by atoms with Crippen molar-refractivity contribution in [2.45, 2.75) is 51.9 Å². The standard InChI is InChI=1S/C26H28N2O6/c1-17-21(27-23(33-17)18-9-5-4-6-10-18)16-32-20-12-7-11-19(15-20)26(2,3)24(29)28-14-8-13-22(28)34-25(30)31/h4-7,9-12,15,22H,8,13-14,16H2,1-3H3,(H,30,31)/t22-/m1/s1. The molecule has 1 N–H and O–H groups in total. The van der Waals surface area contributed by atoms with Crippen LogP contribution < -0.4 is 4.74 Å². The van der Waals surface area contributed by atoms with Gasteiger partial charge in [-0.15, -0.1) is 0 Å². The van der Waals surface area contributed by atoms with Crippen molar-refractivity contribution in [2.24, 2.45) is 0 Å². The highest BCUT2D eigenvalue weighted by molar-refractivity contribution is 5.88. The van der Waals surface area contributed by atoms with Gasteiger partial charge in [0.1, 0.15) is 23.8 Å². The lowest BCUT2D eigenvalue weighted by Crippen LogP contribution is -2.47. The summed E-state index contributed by atoms with van der Waals surface area (Å²) < 4.78 is 16.7. The minimum absolute atomic E-state index is 0.187. The van der Waals surface area contributed by atoms with Gasteiger partial charge in [0.05, 0.1) is 5.41 Å². The van der Waals surface area contributed by atoms with Crippen molar-refractivity contribution in [2.75, 3.05) is 6.54 Å². The van der Waals surface area contributed by atoms with Gasteiger partial charge in [0.25, 0.3) is 0 Å². The summed E-state index contributed by atoms with van der Waals surface area (Å²) in [5, 5.41) is 8.98.